The fourth-order valence-corrected chi connectivity index (χ4v) is 3.41. The first-order valence-electron chi connectivity index (χ1n) is 5.74. The molecule has 0 amide bonds. The van der Waals surface area contributed by atoms with Crippen molar-refractivity contribution >= 4 is 21.6 Å². The average molecular weight is 277 g/mol. The molecule has 1 heterocycles. The van der Waals surface area contributed by atoms with Gasteiger partial charge in [0, 0.05) is 17.1 Å². The van der Waals surface area contributed by atoms with Crippen LogP contribution < -0.4 is 4.90 Å². The molecule has 2 aliphatic rings. The van der Waals surface area contributed by atoms with Gasteiger partial charge in [0.2, 0.25) is 0 Å². The van der Waals surface area contributed by atoms with E-state index < -0.39 is 0 Å². The largest absolute Gasteiger partial charge is 0.367 e. The summed E-state index contributed by atoms with van der Waals surface area (Å²) in [6, 6.07) is 8.90. The fourth-order valence-electron chi connectivity index (χ4n) is 3.06. The van der Waals surface area contributed by atoms with Crippen molar-refractivity contribution in [2.24, 2.45) is 5.92 Å². The van der Waals surface area contributed by atoms with Gasteiger partial charge in [0.25, 0.3) is 0 Å². The van der Waals surface area contributed by atoms with Crippen molar-refractivity contribution in [1.29, 1.82) is 5.26 Å². The van der Waals surface area contributed by atoms with E-state index in [0.717, 1.165) is 28.2 Å². The van der Waals surface area contributed by atoms with Crippen LogP contribution in [0.3, 0.4) is 0 Å². The van der Waals surface area contributed by atoms with Gasteiger partial charge < -0.3 is 4.90 Å². The molecule has 0 spiro atoms. The number of hydrogen-bond acceptors (Lipinski definition) is 2. The minimum atomic E-state index is 0.673. The van der Waals surface area contributed by atoms with E-state index in [1.807, 2.05) is 12.1 Å². The predicted octanol–water partition coefficient (Wildman–Crippen LogP) is 3.31. The number of halogens is 1. The molecule has 2 bridgehead atoms. The molecule has 0 N–H and O–H groups in total. The SMILES string of the molecule is N#Cc1ccc(Br)cc1N1CC2CCC1C2. The molecule has 0 aromatic heterocycles. The van der Waals surface area contributed by atoms with Crippen LogP contribution in [0.5, 0.6) is 0 Å². The van der Waals surface area contributed by atoms with Gasteiger partial charge in [-0.1, -0.05) is 15.9 Å². The topological polar surface area (TPSA) is 27.0 Å². The highest BCUT2D eigenvalue weighted by atomic mass is 79.9. The monoisotopic (exact) mass is 276 g/mol. The minimum absolute atomic E-state index is 0.673. The van der Waals surface area contributed by atoms with Crippen molar-refractivity contribution in [3.63, 3.8) is 0 Å². The Morgan fingerprint density at radius 3 is 2.88 bits per heavy atom. The summed E-state index contributed by atoms with van der Waals surface area (Å²) in [6.45, 7) is 1.13. The van der Waals surface area contributed by atoms with E-state index in [1.54, 1.807) is 0 Å². The Labute approximate surface area is 104 Å². The van der Waals surface area contributed by atoms with Crippen molar-refractivity contribution < 1.29 is 0 Å². The lowest BCUT2D eigenvalue weighted by molar-refractivity contribution is 0.553. The Bertz CT molecular complexity index is 463. The number of benzene rings is 1. The van der Waals surface area contributed by atoms with Crippen molar-refractivity contribution in [2.45, 2.75) is 25.3 Å². The maximum atomic E-state index is 9.15. The second-order valence-electron chi connectivity index (χ2n) is 4.76. The van der Waals surface area contributed by atoms with Crippen LogP contribution in [-0.4, -0.2) is 12.6 Å². The van der Waals surface area contributed by atoms with E-state index in [2.05, 4.69) is 33.0 Å². The van der Waals surface area contributed by atoms with E-state index in [0.29, 0.717) is 6.04 Å². The highest BCUT2D eigenvalue weighted by Gasteiger charge is 2.38. The van der Waals surface area contributed by atoms with Gasteiger partial charge in [0.1, 0.15) is 6.07 Å². The highest BCUT2D eigenvalue weighted by molar-refractivity contribution is 9.10. The molecule has 1 saturated carbocycles. The second kappa shape index (κ2) is 3.78. The molecule has 2 nitrogen and oxygen atoms in total. The zero-order valence-electron chi connectivity index (χ0n) is 8.99. The van der Waals surface area contributed by atoms with Crippen molar-refractivity contribution in [3.8, 4) is 6.07 Å². The zero-order chi connectivity index (χ0) is 11.1. The first-order valence-corrected chi connectivity index (χ1v) is 6.53. The Morgan fingerprint density at radius 1 is 1.38 bits per heavy atom. The fraction of sp³-hybridized carbons (Fsp3) is 0.462. The molecular weight excluding hydrogens is 264 g/mol. The van der Waals surface area contributed by atoms with Gasteiger partial charge in [-0.3, -0.25) is 0 Å². The molecule has 82 valence electrons. The van der Waals surface area contributed by atoms with Crippen LogP contribution >= 0.6 is 15.9 Å². The summed E-state index contributed by atoms with van der Waals surface area (Å²) < 4.78 is 1.06. The summed E-state index contributed by atoms with van der Waals surface area (Å²) >= 11 is 3.49. The lowest BCUT2D eigenvalue weighted by Crippen LogP contribution is -2.32. The van der Waals surface area contributed by atoms with Gasteiger partial charge >= 0.3 is 0 Å². The summed E-state index contributed by atoms with van der Waals surface area (Å²) in [5.41, 5.74) is 1.92. The molecule has 1 aliphatic heterocycles. The standard InChI is InChI=1S/C13H13BrN2/c14-11-3-2-10(7-15)13(6-11)16-8-9-1-4-12(16)5-9/h2-3,6,9,12H,1,4-5,8H2. The first-order chi connectivity index (χ1) is 7.78. The highest BCUT2D eigenvalue weighted by Crippen LogP contribution is 2.41. The minimum Gasteiger partial charge on any atom is -0.367 e. The lowest BCUT2D eigenvalue weighted by Gasteiger charge is -2.30. The summed E-state index contributed by atoms with van der Waals surface area (Å²) in [4.78, 5) is 2.43. The molecule has 1 aromatic rings. The van der Waals surface area contributed by atoms with Gasteiger partial charge in [-0.15, -0.1) is 0 Å². The van der Waals surface area contributed by atoms with Gasteiger partial charge in [-0.05, 0) is 43.4 Å². The van der Waals surface area contributed by atoms with Crippen molar-refractivity contribution in [1.82, 2.24) is 0 Å². The van der Waals surface area contributed by atoms with Crippen LogP contribution in [0.2, 0.25) is 0 Å². The number of rotatable bonds is 1. The molecular formula is C13H13BrN2. The molecule has 0 radical (unpaired) electrons. The zero-order valence-corrected chi connectivity index (χ0v) is 10.6. The van der Waals surface area contributed by atoms with Crippen molar-refractivity contribution in [3.05, 3.63) is 28.2 Å². The van der Waals surface area contributed by atoms with E-state index in [-0.39, 0.29) is 0 Å². The van der Waals surface area contributed by atoms with Gasteiger partial charge in [-0.2, -0.15) is 5.26 Å². The summed E-state index contributed by atoms with van der Waals surface area (Å²) in [5, 5.41) is 9.15. The summed E-state index contributed by atoms with van der Waals surface area (Å²) in [6.07, 6.45) is 3.98. The van der Waals surface area contributed by atoms with Crippen LogP contribution in [0.1, 0.15) is 24.8 Å². The Balaban J connectivity index is 2.00. The smallest absolute Gasteiger partial charge is 0.101 e. The molecule has 1 aromatic carbocycles. The Morgan fingerprint density at radius 2 is 2.25 bits per heavy atom. The molecule has 2 unspecified atom stereocenters. The van der Waals surface area contributed by atoms with E-state index in [1.165, 1.54) is 19.3 Å². The Hall–Kier alpha value is -1.01. The maximum absolute atomic E-state index is 9.15. The number of nitriles is 1. The van der Waals surface area contributed by atoms with Crippen LogP contribution in [0, 0.1) is 17.2 Å². The van der Waals surface area contributed by atoms with Gasteiger partial charge in [-0.25, -0.2) is 0 Å². The molecule has 3 rings (SSSR count). The van der Waals surface area contributed by atoms with Crippen LogP contribution in [0.4, 0.5) is 5.69 Å². The maximum Gasteiger partial charge on any atom is 0.101 e. The van der Waals surface area contributed by atoms with Gasteiger partial charge in [0.05, 0.1) is 11.3 Å². The average Bonchev–Trinajstić information content (AvgIpc) is 2.90. The van der Waals surface area contributed by atoms with Crippen LogP contribution in [0.15, 0.2) is 22.7 Å². The second-order valence-corrected chi connectivity index (χ2v) is 5.67. The van der Waals surface area contributed by atoms with E-state index >= 15 is 0 Å². The van der Waals surface area contributed by atoms with Crippen LogP contribution in [0.25, 0.3) is 0 Å². The number of fused-ring (bicyclic) bond motifs is 2. The van der Waals surface area contributed by atoms with Crippen LogP contribution in [-0.2, 0) is 0 Å². The molecule has 2 atom stereocenters. The number of nitrogens with zero attached hydrogens (tertiary/aromatic N) is 2. The Kier molecular flexibility index (Phi) is 2.40. The van der Waals surface area contributed by atoms with E-state index in [4.69, 9.17) is 5.26 Å². The third-order valence-electron chi connectivity index (χ3n) is 3.80. The molecule has 2 fully saturated rings. The third kappa shape index (κ3) is 1.53. The normalized spacial score (nSPS) is 27.1. The molecule has 3 heteroatoms. The summed E-state index contributed by atoms with van der Waals surface area (Å²) in [5.74, 6) is 0.857. The van der Waals surface area contributed by atoms with E-state index in [9.17, 15) is 0 Å². The number of hydrogen-bond donors (Lipinski definition) is 0. The first kappa shape index (κ1) is 10.2. The van der Waals surface area contributed by atoms with Crippen molar-refractivity contribution in [2.75, 3.05) is 11.4 Å². The quantitative estimate of drug-likeness (QED) is 0.787. The third-order valence-corrected chi connectivity index (χ3v) is 4.29. The molecule has 16 heavy (non-hydrogen) atoms. The molecule has 1 aliphatic carbocycles. The summed E-state index contributed by atoms with van der Waals surface area (Å²) in [7, 11) is 0. The van der Waals surface area contributed by atoms with Gasteiger partial charge in [0.15, 0.2) is 0 Å². The molecule has 1 saturated heterocycles. The lowest BCUT2D eigenvalue weighted by atomic mass is 10.1. The predicted molar refractivity (Wildman–Crippen MR) is 67.3 cm³/mol. The number of piperidine rings is 1. The number of anilines is 1.